The molecule has 1 amide bonds. The molecule has 1 aromatic heterocycles. The Bertz CT molecular complexity index is 619. The molecule has 0 N–H and O–H groups in total. The van der Waals surface area contributed by atoms with Crippen LogP contribution in [0.15, 0.2) is 12.3 Å². The lowest BCUT2D eigenvalue weighted by atomic mass is 9.58. The summed E-state index contributed by atoms with van der Waals surface area (Å²) in [4.78, 5) is 13.6. The normalized spacial score (nSPS) is 20.7. The van der Waals surface area contributed by atoms with Crippen molar-refractivity contribution in [1.29, 1.82) is 0 Å². The van der Waals surface area contributed by atoms with Crippen LogP contribution >= 0.6 is 0 Å². The molecule has 1 saturated heterocycles. The summed E-state index contributed by atoms with van der Waals surface area (Å²) < 4.78 is 44.9. The number of amides is 1. The van der Waals surface area contributed by atoms with Crippen molar-refractivity contribution in [2.75, 3.05) is 13.1 Å². The predicted molar refractivity (Wildman–Crippen MR) is 80.2 cm³/mol. The van der Waals surface area contributed by atoms with Crippen LogP contribution in [0.3, 0.4) is 0 Å². The molecule has 8 heteroatoms. The summed E-state index contributed by atoms with van der Waals surface area (Å²) in [5.74, 6) is 0.173. The number of rotatable bonds is 2. The Morgan fingerprint density at radius 1 is 1.33 bits per heavy atom. The van der Waals surface area contributed by atoms with E-state index in [2.05, 4.69) is 5.10 Å². The van der Waals surface area contributed by atoms with E-state index in [0.29, 0.717) is 13.1 Å². The third-order valence-corrected chi connectivity index (χ3v) is 4.59. The van der Waals surface area contributed by atoms with Gasteiger partial charge < -0.3 is 9.64 Å². The van der Waals surface area contributed by atoms with Gasteiger partial charge in [-0.3, -0.25) is 4.68 Å². The number of hydrogen-bond donors (Lipinski definition) is 0. The van der Waals surface area contributed by atoms with Crippen LogP contribution in [0, 0.1) is 11.3 Å². The predicted octanol–water partition coefficient (Wildman–Crippen LogP) is 3.55. The fourth-order valence-corrected chi connectivity index (χ4v) is 3.73. The lowest BCUT2D eigenvalue weighted by Gasteiger charge is -2.58. The number of nitrogens with zero attached hydrogens (tertiary/aromatic N) is 3. The van der Waals surface area contributed by atoms with Gasteiger partial charge in [-0.1, -0.05) is 0 Å². The van der Waals surface area contributed by atoms with Crippen molar-refractivity contribution in [3.05, 3.63) is 18.0 Å². The number of halogens is 3. The topological polar surface area (TPSA) is 47.4 Å². The molecule has 1 aliphatic heterocycles. The van der Waals surface area contributed by atoms with E-state index in [1.807, 2.05) is 20.8 Å². The largest absolute Gasteiger partial charge is 0.444 e. The average molecular weight is 345 g/mol. The maximum atomic E-state index is 12.8. The van der Waals surface area contributed by atoms with E-state index in [-0.39, 0.29) is 24.0 Å². The maximum absolute atomic E-state index is 12.8. The van der Waals surface area contributed by atoms with Crippen molar-refractivity contribution < 1.29 is 22.7 Å². The number of ether oxygens (including phenoxy) is 1. The Balaban J connectivity index is 1.48. The number of hydrogen-bond acceptors (Lipinski definition) is 3. The van der Waals surface area contributed by atoms with Crippen molar-refractivity contribution >= 4 is 6.09 Å². The molecule has 134 valence electrons. The highest BCUT2D eigenvalue weighted by Crippen LogP contribution is 2.52. The first-order valence-electron chi connectivity index (χ1n) is 8.04. The highest BCUT2D eigenvalue weighted by molar-refractivity contribution is 5.69. The summed E-state index contributed by atoms with van der Waals surface area (Å²) in [7, 11) is 0. The molecule has 3 rings (SSSR count). The van der Waals surface area contributed by atoms with Crippen LogP contribution in [0.1, 0.15) is 39.3 Å². The molecule has 0 aromatic carbocycles. The van der Waals surface area contributed by atoms with E-state index in [1.54, 1.807) is 4.90 Å². The van der Waals surface area contributed by atoms with E-state index in [1.165, 1.54) is 6.20 Å². The zero-order chi connectivity index (χ0) is 17.8. The van der Waals surface area contributed by atoms with Crippen LogP contribution in [0.4, 0.5) is 18.0 Å². The monoisotopic (exact) mass is 345 g/mol. The molecule has 2 aliphatic rings. The van der Waals surface area contributed by atoms with Crippen LogP contribution in [0.5, 0.6) is 0 Å². The molecule has 0 atom stereocenters. The third kappa shape index (κ3) is 3.37. The van der Waals surface area contributed by atoms with Crippen molar-refractivity contribution in [3.8, 4) is 0 Å². The minimum atomic E-state index is -4.37. The average Bonchev–Trinajstić information content (AvgIpc) is 2.75. The van der Waals surface area contributed by atoms with Gasteiger partial charge in [-0.2, -0.15) is 18.3 Å². The van der Waals surface area contributed by atoms with E-state index >= 15 is 0 Å². The molecule has 1 saturated carbocycles. The van der Waals surface area contributed by atoms with E-state index in [0.717, 1.165) is 23.6 Å². The molecule has 2 fully saturated rings. The number of carbonyl (C=O) groups excluding carboxylic acids is 1. The molecule has 0 radical (unpaired) electrons. The van der Waals surface area contributed by atoms with Gasteiger partial charge in [-0.05, 0) is 45.6 Å². The molecular formula is C16H22F3N3O2. The van der Waals surface area contributed by atoms with Gasteiger partial charge in [0.2, 0.25) is 0 Å². The van der Waals surface area contributed by atoms with Crippen LogP contribution in [-0.2, 0) is 17.5 Å². The number of likely N-dealkylation sites (tertiary alicyclic amines) is 1. The van der Waals surface area contributed by atoms with E-state index < -0.39 is 17.5 Å². The lowest BCUT2D eigenvalue weighted by molar-refractivity contribution is -0.146. The van der Waals surface area contributed by atoms with Crippen molar-refractivity contribution in [1.82, 2.24) is 14.7 Å². The lowest BCUT2D eigenvalue weighted by Crippen LogP contribution is -2.64. The maximum Gasteiger partial charge on any atom is 0.433 e. The minimum absolute atomic E-state index is 0.0626. The number of aromatic nitrogens is 2. The highest BCUT2D eigenvalue weighted by Gasteiger charge is 2.54. The van der Waals surface area contributed by atoms with E-state index in [4.69, 9.17) is 4.74 Å². The van der Waals surface area contributed by atoms with Gasteiger partial charge in [-0.15, -0.1) is 0 Å². The second kappa shape index (κ2) is 5.39. The quantitative estimate of drug-likeness (QED) is 0.824. The smallest absolute Gasteiger partial charge is 0.433 e. The highest BCUT2D eigenvalue weighted by atomic mass is 19.4. The molecule has 1 spiro atoms. The van der Waals surface area contributed by atoms with Crippen LogP contribution < -0.4 is 0 Å². The van der Waals surface area contributed by atoms with Crippen molar-refractivity contribution in [3.63, 3.8) is 0 Å². The van der Waals surface area contributed by atoms with Crippen LogP contribution in [0.2, 0.25) is 0 Å². The van der Waals surface area contributed by atoms with Gasteiger partial charge in [0.05, 0.1) is 0 Å². The Hall–Kier alpha value is -1.73. The fourth-order valence-electron chi connectivity index (χ4n) is 3.73. The summed E-state index contributed by atoms with van der Waals surface area (Å²) in [6.07, 6.45) is -1.86. The van der Waals surface area contributed by atoms with Gasteiger partial charge in [0, 0.05) is 31.2 Å². The molecule has 0 bridgehead atoms. The summed E-state index contributed by atoms with van der Waals surface area (Å²) in [6, 6.07) is 1.00. The summed E-state index contributed by atoms with van der Waals surface area (Å²) in [5.41, 5.74) is -1.16. The second-order valence-electron chi connectivity index (χ2n) is 8.01. The SMILES string of the molecule is CC(C)(C)OC(=O)N1CC2(CC(Cn3nccc3C(F)(F)F)C2)C1. The van der Waals surface area contributed by atoms with Crippen LogP contribution in [-0.4, -0.2) is 39.5 Å². The Morgan fingerprint density at radius 3 is 2.50 bits per heavy atom. The number of carbonyl (C=O) groups is 1. The van der Waals surface area contributed by atoms with E-state index in [9.17, 15) is 18.0 Å². The van der Waals surface area contributed by atoms with Crippen LogP contribution in [0.25, 0.3) is 0 Å². The van der Waals surface area contributed by atoms with Gasteiger partial charge in [0.25, 0.3) is 0 Å². The van der Waals surface area contributed by atoms with Crippen molar-refractivity contribution in [2.24, 2.45) is 11.3 Å². The number of alkyl halides is 3. The minimum Gasteiger partial charge on any atom is -0.444 e. The van der Waals surface area contributed by atoms with Crippen molar-refractivity contribution in [2.45, 2.75) is 51.9 Å². The van der Waals surface area contributed by atoms with Gasteiger partial charge in [0.15, 0.2) is 0 Å². The summed E-state index contributed by atoms with van der Waals surface area (Å²) >= 11 is 0. The zero-order valence-electron chi connectivity index (χ0n) is 14.1. The molecular weight excluding hydrogens is 323 g/mol. The third-order valence-electron chi connectivity index (χ3n) is 4.59. The molecule has 5 nitrogen and oxygen atoms in total. The summed E-state index contributed by atoms with van der Waals surface area (Å²) in [5, 5.41) is 3.79. The Kier molecular flexibility index (Phi) is 3.84. The molecule has 0 unspecified atom stereocenters. The first kappa shape index (κ1) is 17.1. The Labute approximate surface area is 138 Å². The first-order chi connectivity index (χ1) is 11.0. The van der Waals surface area contributed by atoms with Gasteiger partial charge >= 0.3 is 12.3 Å². The second-order valence-corrected chi connectivity index (χ2v) is 8.01. The molecule has 24 heavy (non-hydrogen) atoms. The van der Waals surface area contributed by atoms with Gasteiger partial charge in [0.1, 0.15) is 11.3 Å². The fraction of sp³-hybridized carbons (Fsp3) is 0.750. The first-order valence-corrected chi connectivity index (χ1v) is 8.04. The molecule has 1 aromatic rings. The standard InChI is InChI=1S/C16H22F3N3O2/c1-14(2,3)24-13(23)21-9-15(10-21)6-11(7-15)8-22-12(4-5-20-22)16(17,18)19/h4-5,11H,6-10H2,1-3H3. The molecule has 1 aliphatic carbocycles. The van der Waals surface area contributed by atoms with Gasteiger partial charge in [-0.25, -0.2) is 4.79 Å². The Morgan fingerprint density at radius 2 is 1.96 bits per heavy atom. The zero-order valence-corrected chi connectivity index (χ0v) is 14.1. The molecule has 2 heterocycles. The summed E-state index contributed by atoms with van der Waals surface area (Å²) in [6.45, 7) is 7.00.